The van der Waals surface area contributed by atoms with Crippen molar-refractivity contribution in [3.63, 3.8) is 0 Å². The van der Waals surface area contributed by atoms with Gasteiger partial charge in [-0.2, -0.15) is 0 Å². The Labute approximate surface area is 106 Å². The predicted molar refractivity (Wildman–Crippen MR) is 64.7 cm³/mol. The summed E-state index contributed by atoms with van der Waals surface area (Å²) in [6.07, 6.45) is -0.265. The Morgan fingerprint density at radius 3 is 2.72 bits per heavy atom. The molecule has 1 aliphatic carbocycles. The van der Waals surface area contributed by atoms with Gasteiger partial charge in [-0.1, -0.05) is 30.3 Å². The zero-order valence-corrected chi connectivity index (χ0v) is 10.1. The highest BCUT2D eigenvalue weighted by atomic mass is 16.7. The molecule has 1 aromatic rings. The highest BCUT2D eigenvalue weighted by Gasteiger charge is 2.46. The summed E-state index contributed by atoms with van der Waals surface area (Å²) in [6, 6.07) is 9.80. The molecule has 1 heterocycles. The summed E-state index contributed by atoms with van der Waals surface area (Å²) in [7, 11) is 0. The van der Waals surface area contributed by atoms with E-state index in [2.05, 4.69) is 0 Å². The maximum absolute atomic E-state index is 9.88. The van der Waals surface area contributed by atoms with Crippen LogP contribution >= 0.6 is 0 Å². The third kappa shape index (κ3) is 2.06. The zero-order valence-electron chi connectivity index (χ0n) is 10.1. The standard InChI is InChI=1S/C14H18O4/c15-7-10-11-8-17-14(9-4-2-1-3-5-9)18-13(11)6-12(10)16/h1-5,10-16H,6-8H2/t10-,11-,12+,13-,14?/m0/s1. The Hall–Kier alpha value is -0.940. The lowest BCUT2D eigenvalue weighted by Crippen LogP contribution is -2.36. The first kappa shape index (κ1) is 12.1. The topological polar surface area (TPSA) is 58.9 Å². The minimum atomic E-state index is -0.483. The van der Waals surface area contributed by atoms with Crippen LogP contribution < -0.4 is 0 Å². The van der Waals surface area contributed by atoms with Crippen LogP contribution in [0.5, 0.6) is 0 Å². The molecule has 0 bridgehead atoms. The van der Waals surface area contributed by atoms with Crippen molar-refractivity contribution >= 4 is 0 Å². The van der Waals surface area contributed by atoms with Crippen molar-refractivity contribution in [1.29, 1.82) is 0 Å². The highest BCUT2D eigenvalue weighted by molar-refractivity contribution is 5.16. The van der Waals surface area contributed by atoms with Crippen molar-refractivity contribution in [1.82, 2.24) is 0 Å². The molecule has 1 saturated carbocycles. The molecule has 0 radical (unpaired) electrons. The average Bonchev–Trinajstić information content (AvgIpc) is 2.74. The highest BCUT2D eigenvalue weighted by Crippen LogP contribution is 2.41. The van der Waals surface area contributed by atoms with Gasteiger partial charge in [0.05, 0.1) is 18.8 Å². The van der Waals surface area contributed by atoms with Gasteiger partial charge in [-0.25, -0.2) is 0 Å². The normalized spacial score (nSPS) is 39.6. The van der Waals surface area contributed by atoms with Crippen molar-refractivity contribution in [2.45, 2.75) is 24.9 Å². The molecule has 1 unspecified atom stereocenters. The van der Waals surface area contributed by atoms with Gasteiger partial charge in [0.2, 0.25) is 0 Å². The van der Waals surface area contributed by atoms with E-state index >= 15 is 0 Å². The van der Waals surface area contributed by atoms with Crippen LogP contribution in [0.1, 0.15) is 18.3 Å². The maximum atomic E-state index is 9.88. The smallest absolute Gasteiger partial charge is 0.184 e. The second-order valence-corrected chi connectivity index (χ2v) is 5.06. The molecule has 98 valence electrons. The molecule has 1 saturated heterocycles. The van der Waals surface area contributed by atoms with Gasteiger partial charge in [-0.05, 0) is 0 Å². The molecule has 1 aliphatic heterocycles. The van der Waals surface area contributed by atoms with Crippen molar-refractivity contribution < 1.29 is 19.7 Å². The Morgan fingerprint density at radius 1 is 1.22 bits per heavy atom. The first-order valence-corrected chi connectivity index (χ1v) is 6.40. The van der Waals surface area contributed by atoms with E-state index in [1.54, 1.807) is 0 Å². The monoisotopic (exact) mass is 250 g/mol. The zero-order chi connectivity index (χ0) is 12.5. The number of aliphatic hydroxyl groups is 2. The van der Waals surface area contributed by atoms with Crippen molar-refractivity contribution in [3.8, 4) is 0 Å². The summed E-state index contributed by atoms with van der Waals surface area (Å²) in [5.41, 5.74) is 0.998. The number of fused-ring (bicyclic) bond motifs is 1. The van der Waals surface area contributed by atoms with Gasteiger partial charge in [0.1, 0.15) is 0 Å². The van der Waals surface area contributed by atoms with Gasteiger partial charge in [0.15, 0.2) is 6.29 Å². The Kier molecular flexibility index (Phi) is 3.35. The molecule has 0 aromatic heterocycles. The molecule has 18 heavy (non-hydrogen) atoms. The van der Waals surface area contributed by atoms with E-state index in [1.807, 2.05) is 30.3 Å². The molecular formula is C14H18O4. The Balaban J connectivity index is 1.72. The minimum absolute atomic E-state index is 0.00887. The molecule has 2 fully saturated rings. The number of hydrogen-bond acceptors (Lipinski definition) is 4. The van der Waals surface area contributed by atoms with Crippen LogP contribution in [0.15, 0.2) is 30.3 Å². The quantitative estimate of drug-likeness (QED) is 0.825. The number of rotatable bonds is 2. The van der Waals surface area contributed by atoms with Crippen molar-refractivity contribution in [2.24, 2.45) is 11.8 Å². The van der Waals surface area contributed by atoms with Crippen molar-refractivity contribution in [3.05, 3.63) is 35.9 Å². The molecule has 0 spiro atoms. The molecule has 4 heteroatoms. The SMILES string of the molecule is OC[C@H]1[C@@H]2COC(c3ccccc3)O[C@H]2C[C@H]1O. The van der Waals surface area contributed by atoms with Crippen LogP contribution in [0.2, 0.25) is 0 Å². The largest absolute Gasteiger partial charge is 0.396 e. The van der Waals surface area contributed by atoms with Crippen LogP contribution in [0.3, 0.4) is 0 Å². The number of ether oxygens (including phenoxy) is 2. The molecular weight excluding hydrogens is 232 g/mol. The third-order valence-corrected chi connectivity index (χ3v) is 4.02. The van der Waals surface area contributed by atoms with E-state index in [0.29, 0.717) is 13.0 Å². The van der Waals surface area contributed by atoms with Gasteiger partial charge in [0.25, 0.3) is 0 Å². The Bertz CT molecular complexity index is 394. The maximum Gasteiger partial charge on any atom is 0.184 e. The lowest BCUT2D eigenvalue weighted by Gasteiger charge is -2.34. The fourth-order valence-electron chi connectivity index (χ4n) is 2.97. The lowest BCUT2D eigenvalue weighted by atomic mass is 9.94. The van der Waals surface area contributed by atoms with Crippen LogP contribution in [-0.4, -0.2) is 35.6 Å². The second kappa shape index (κ2) is 4.97. The summed E-state index contributed by atoms with van der Waals surface area (Å²) in [6.45, 7) is 0.525. The Morgan fingerprint density at radius 2 is 2.00 bits per heavy atom. The molecule has 5 atom stereocenters. The molecule has 3 rings (SSSR count). The fourth-order valence-corrected chi connectivity index (χ4v) is 2.97. The van der Waals surface area contributed by atoms with E-state index in [0.717, 1.165) is 5.56 Å². The summed E-state index contributed by atoms with van der Waals surface area (Å²) in [5.74, 6) is -0.0170. The van der Waals surface area contributed by atoms with Gasteiger partial charge in [0, 0.05) is 30.4 Å². The van der Waals surface area contributed by atoms with E-state index in [1.165, 1.54) is 0 Å². The third-order valence-electron chi connectivity index (χ3n) is 4.02. The van der Waals surface area contributed by atoms with Gasteiger partial charge in [-0.3, -0.25) is 0 Å². The predicted octanol–water partition coefficient (Wildman–Crippen LogP) is 1.09. The van der Waals surface area contributed by atoms with E-state index in [4.69, 9.17) is 9.47 Å². The van der Waals surface area contributed by atoms with Gasteiger partial charge < -0.3 is 19.7 Å². The molecule has 0 amide bonds. The van der Waals surface area contributed by atoms with Crippen molar-refractivity contribution in [2.75, 3.05) is 13.2 Å². The number of aliphatic hydroxyl groups excluding tert-OH is 2. The van der Waals surface area contributed by atoms with E-state index < -0.39 is 6.10 Å². The van der Waals surface area contributed by atoms with Gasteiger partial charge in [-0.15, -0.1) is 0 Å². The second-order valence-electron chi connectivity index (χ2n) is 5.06. The molecule has 2 N–H and O–H groups in total. The minimum Gasteiger partial charge on any atom is -0.396 e. The van der Waals surface area contributed by atoms with E-state index in [9.17, 15) is 10.2 Å². The fraction of sp³-hybridized carbons (Fsp3) is 0.571. The molecule has 2 aliphatic rings. The summed E-state index contributed by atoms with van der Waals surface area (Å²) in [5, 5.41) is 19.2. The molecule has 1 aromatic carbocycles. The first-order chi connectivity index (χ1) is 8.79. The average molecular weight is 250 g/mol. The van der Waals surface area contributed by atoms with Crippen LogP contribution in [0.4, 0.5) is 0 Å². The van der Waals surface area contributed by atoms with Crippen LogP contribution in [-0.2, 0) is 9.47 Å². The summed E-state index contributed by atoms with van der Waals surface area (Å²) < 4.78 is 11.6. The molecule has 4 nitrogen and oxygen atoms in total. The van der Waals surface area contributed by atoms with Crippen LogP contribution in [0, 0.1) is 11.8 Å². The summed E-state index contributed by atoms with van der Waals surface area (Å²) >= 11 is 0. The van der Waals surface area contributed by atoms with Gasteiger partial charge >= 0.3 is 0 Å². The lowest BCUT2D eigenvalue weighted by molar-refractivity contribution is -0.239. The number of benzene rings is 1. The summed E-state index contributed by atoms with van der Waals surface area (Å²) in [4.78, 5) is 0. The number of hydrogen-bond donors (Lipinski definition) is 2. The van der Waals surface area contributed by atoms with E-state index in [-0.39, 0.29) is 30.8 Å². The first-order valence-electron chi connectivity index (χ1n) is 6.40. The van der Waals surface area contributed by atoms with Crippen LogP contribution in [0.25, 0.3) is 0 Å².